The van der Waals surface area contributed by atoms with Gasteiger partial charge < -0.3 is 15.3 Å². The van der Waals surface area contributed by atoms with Gasteiger partial charge in [-0.2, -0.15) is 0 Å². The average Bonchev–Trinajstić information content (AvgIpc) is 2.73. The molecule has 0 aliphatic heterocycles. The van der Waals surface area contributed by atoms with Crippen LogP contribution in [0.15, 0.2) is 0 Å². The minimum absolute atomic E-state index is 0.0338. The number of carboxylic acid groups (broad SMARTS) is 1. The molecule has 4 heteroatoms. The number of carbonyl (C=O) groups is 1. The van der Waals surface area contributed by atoms with Crippen LogP contribution in [-0.4, -0.2) is 33.5 Å². The molecule has 5 fully saturated rings. The Labute approximate surface area is 207 Å². The molecule has 0 spiro atoms. The lowest BCUT2D eigenvalue weighted by Gasteiger charge is -2.74. The van der Waals surface area contributed by atoms with Crippen LogP contribution in [-0.2, 0) is 4.79 Å². The Morgan fingerprint density at radius 3 is 2.06 bits per heavy atom. The summed E-state index contributed by atoms with van der Waals surface area (Å²) in [5.74, 6) is 0.770. The van der Waals surface area contributed by atoms with Gasteiger partial charge in [0.1, 0.15) is 0 Å². The summed E-state index contributed by atoms with van der Waals surface area (Å²) in [6, 6.07) is 0. The summed E-state index contributed by atoms with van der Waals surface area (Å²) in [6.07, 6.45) is 9.18. The highest BCUT2D eigenvalue weighted by atomic mass is 16.4. The smallest absolute Gasteiger partial charge is 0.309 e. The van der Waals surface area contributed by atoms with Crippen molar-refractivity contribution in [2.75, 3.05) is 0 Å². The van der Waals surface area contributed by atoms with Crippen LogP contribution in [0.4, 0.5) is 0 Å². The SMILES string of the molecule is CC1(C)[C@@H](O)CC[C@]2(C)[C@H]3[C@@H](O)C[C@@H]4[C@@H]5C[C@@](C)(C(=O)O)CC[C@]5(C)CC[C@@]4(C)[C@]3(C)CC[C@@H]12. The van der Waals surface area contributed by atoms with Crippen LogP contribution in [0.1, 0.15) is 113 Å². The molecule has 5 rings (SSSR count). The number of fused-ring (bicyclic) bond motifs is 7. The van der Waals surface area contributed by atoms with Gasteiger partial charge in [0.05, 0.1) is 17.6 Å². The third-order valence-corrected chi connectivity index (χ3v) is 13.9. The number of aliphatic hydroxyl groups is 2. The van der Waals surface area contributed by atoms with Crippen molar-refractivity contribution < 1.29 is 20.1 Å². The van der Waals surface area contributed by atoms with Crippen molar-refractivity contribution in [1.29, 1.82) is 0 Å². The highest BCUT2D eigenvalue weighted by Gasteiger charge is 2.71. The van der Waals surface area contributed by atoms with Crippen LogP contribution in [0.2, 0.25) is 0 Å². The van der Waals surface area contributed by atoms with E-state index in [9.17, 15) is 20.1 Å². The second kappa shape index (κ2) is 7.24. The maximum absolute atomic E-state index is 12.3. The van der Waals surface area contributed by atoms with E-state index in [1.807, 2.05) is 6.92 Å². The summed E-state index contributed by atoms with van der Waals surface area (Å²) in [4.78, 5) is 12.3. The van der Waals surface area contributed by atoms with Gasteiger partial charge in [-0.1, -0.05) is 41.5 Å². The van der Waals surface area contributed by atoms with Crippen LogP contribution < -0.4 is 0 Å². The summed E-state index contributed by atoms with van der Waals surface area (Å²) < 4.78 is 0. The van der Waals surface area contributed by atoms with E-state index in [0.29, 0.717) is 17.8 Å². The number of hydrogen-bond donors (Lipinski definition) is 3. The molecule has 0 aromatic heterocycles. The fourth-order valence-corrected chi connectivity index (χ4v) is 11.4. The highest BCUT2D eigenvalue weighted by molar-refractivity contribution is 5.74. The van der Waals surface area contributed by atoms with Crippen molar-refractivity contribution in [1.82, 2.24) is 0 Å². The van der Waals surface area contributed by atoms with Gasteiger partial charge >= 0.3 is 5.97 Å². The molecule has 11 atom stereocenters. The Kier molecular flexibility index (Phi) is 5.34. The lowest BCUT2D eigenvalue weighted by Crippen LogP contribution is -2.70. The number of rotatable bonds is 1. The molecule has 0 heterocycles. The van der Waals surface area contributed by atoms with E-state index in [0.717, 1.165) is 51.4 Å². The van der Waals surface area contributed by atoms with E-state index in [4.69, 9.17) is 0 Å². The van der Waals surface area contributed by atoms with E-state index < -0.39 is 11.4 Å². The molecule has 0 aromatic rings. The Morgan fingerprint density at radius 1 is 0.765 bits per heavy atom. The van der Waals surface area contributed by atoms with Crippen LogP contribution in [0.3, 0.4) is 0 Å². The maximum Gasteiger partial charge on any atom is 0.309 e. The van der Waals surface area contributed by atoms with E-state index in [1.54, 1.807) is 0 Å². The normalized spacial score (nSPS) is 58.6. The lowest BCUT2D eigenvalue weighted by molar-refractivity contribution is -0.281. The summed E-state index contributed by atoms with van der Waals surface area (Å²) in [6.45, 7) is 16.3. The van der Waals surface area contributed by atoms with Gasteiger partial charge in [0.25, 0.3) is 0 Å². The standard InChI is InChI=1S/C30H50O4/c1-25(2)21-8-11-30(7)23(28(21,5)10-9-22(25)32)20(31)16-18-19-17-27(4,24(33)34)13-12-26(19,3)14-15-29(18,30)6/h18-23,31-32H,8-17H2,1-7H3,(H,33,34)/t18-,19+,20+,21+,22+,23-,26-,27+,28+,29-,30-/m1/s1. The summed E-state index contributed by atoms with van der Waals surface area (Å²) in [5, 5.41) is 33.0. The highest BCUT2D eigenvalue weighted by Crippen LogP contribution is 2.76. The molecule has 0 saturated heterocycles. The molecular formula is C30H50O4. The molecule has 4 nitrogen and oxygen atoms in total. The van der Waals surface area contributed by atoms with Gasteiger partial charge in [0.2, 0.25) is 0 Å². The fraction of sp³-hybridized carbons (Fsp3) is 0.967. The summed E-state index contributed by atoms with van der Waals surface area (Å²) >= 11 is 0. The second-order valence-corrected chi connectivity index (χ2v) is 15.5. The molecule has 0 amide bonds. The minimum Gasteiger partial charge on any atom is -0.481 e. The van der Waals surface area contributed by atoms with E-state index in [2.05, 4.69) is 41.5 Å². The molecule has 0 radical (unpaired) electrons. The molecule has 0 unspecified atom stereocenters. The Bertz CT molecular complexity index is 868. The van der Waals surface area contributed by atoms with Gasteiger partial charge in [-0.15, -0.1) is 0 Å². The van der Waals surface area contributed by atoms with Crippen LogP contribution >= 0.6 is 0 Å². The summed E-state index contributed by atoms with van der Waals surface area (Å²) in [7, 11) is 0. The second-order valence-electron chi connectivity index (χ2n) is 15.5. The zero-order valence-corrected chi connectivity index (χ0v) is 22.8. The third kappa shape index (κ3) is 2.93. The molecule has 3 N–H and O–H groups in total. The van der Waals surface area contributed by atoms with E-state index in [1.165, 1.54) is 12.8 Å². The molecule has 5 saturated carbocycles. The van der Waals surface area contributed by atoms with Crippen LogP contribution in [0, 0.1) is 56.2 Å². The Balaban J connectivity index is 1.56. The largest absolute Gasteiger partial charge is 0.481 e. The van der Waals surface area contributed by atoms with Crippen LogP contribution in [0.25, 0.3) is 0 Å². The van der Waals surface area contributed by atoms with E-state index >= 15 is 0 Å². The predicted octanol–water partition coefficient (Wildman–Crippen LogP) is 6.28. The first-order valence-electron chi connectivity index (χ1n) is 14.1. The Hall–Kier alpha value is -0.610. The van der Waals surface area contributed by atoms with Crippen molar-refractivity contribution in [3.8, 4) is 0 Å². The minimum atomic E-state index is -0.641. The van der Waals surface area contributed by atoms with Crippen molar-refractivity contribution >= 4 is 5.97 Å². The fourth-order valence-electron chi connectivity index (χ4n) is 11.4. The van der Waals surface area contributed by atoms with Crippen molar-refractivity contribution in [2.24, 2.45) is 56.2 Å². The zero-order valence-electron chi connectivity index (χ0n) is 22.8. The van der Waals surface area contributed by atoms with Gasteiger partial charge in [0.15, 0.2) is 0 Å². The first-order valence-corrected chi connectivity index (χ1v) is 14.1. The molecule has 5 aliphatic rings. The molecule has 194 valence electrons. The van der Waals surface area contributed by atoms with Gasteiger partial charge in [-0.3, -0.25) is 4.79 Å². The van der Waals surface area contributed by atoms with Crippen molar-refractivity contribution in [3.63, 3.8) is 0 Å². The lowest BCUT2D eigenvalue weighted by atomic mass is 9.31. The monoisotopic (exact) mass is 474 g/mol. The topological polar surface area (TPSA) is 77.8 Å². The number of aliphatic hydroxyl groups excluding tert-OH is 2. The van der Waals surface area contributed by atoms with E-state index in [-0.39, 0.29) is 45.2 Å². The van der Waals surface area contributed by atoms with Gasteiger partial charge in [-0.25, -0.2) is 0 Å². The third-order valence-electron chi connectivity index (χ3n) is 13.9. The molecule has 0 aromatic carbocycles. The quantitative estimate of drug-likeness (QED) is 0.418. The Morgan fingerprint density at radius 2 is 1.41 bits per heavy atom. The number of carboxylic acids is 1. The molecule has 34 heavy (non-hydrogen) atoms. The van der Waals surface area contributed by atoms with Gasteiger partial charge in [-0.05, 0) is 122 Å². The molecular weight excluding hydrogens is 424 g/mol. The first kappa shape index (κ1) is 25.1. The number of hydrogen-bond acceptors (Lipinski definition) is 3. The van der Waals surface area contributed by atoms with Crippen molar-refractivity contribution in [2.45, 2.75) is 125 Å². The van der Waals surface area contributed by atoms with Gasteiger partial charge in [0, 0.05) is 0 Å². The average molecular weight is 475 g/mol. The molecule has 5 aliphatic carbocycles. The maximum atomic E-state index is 12.3. The zero-order chi connectivity index (χ0) is 25.1. The van der Waals surface area contributed by atoms with Crippen molar-refractivity contribution in [3.05, 3.63) is 0 Å². The first-order chi connectivity index (χ1) is 15.6. The summed E-state index contributed by atoms with van der Waals surface area (Å²) in [5.41, 5.74) is -0.378. The van der Waals surface area contributed by atoms with Crippen LogP contribution in [0.5, 0.6) is 0 Å². The number of aliphatic carboxylic acids is 1. The predicted molar refractivity (Wildman–Crippen MR) is 134 cm³/mol. The molecule has 0 bridgehead atoms.